The van der Waals surface area contributed by atoms with Crippen molar-refractivity contribution < 1.29 is 19.0 Å². The molecule has 0 spiro atoms. The first-order valence-electron chi connectivity index (χ1n) is 7.81. The molecule has 1 aliphatic carbocycles. The summed E-state index contributed by atoms with van der Waals surface area (Å²) in [7, 11) is 0. The van der Waals surface area contributed by atoms with E-state index in [4.69, 9.17) is 25.8 Å². The van der Waals surface area contributed by atoms with Gasteiger partial charge in [-0.2, -0.15) is 5.10 Å². The van der Waals surface area contributed by atoms with Gasteiger partial charge in [-0.3, -0.25) is 4.68 Å². The van der Waals surface area contributed by atoms with Crippen LogP contribution in [0.15, 0.2) is 6.20 Å². The number of carbonyl (C=O) groups excluding carboxylic acids is 1. The monoisotopic (exact) mass is 328 g/mol. The topological polar surface area (TPSA) is 62.6 Å². The van der Waals surface area contributed by atoms with Crippen molar-refractivity contribution in [2.75, 3.05) is 13.2 Å². The van der Waals surface area contributed by atoms with Crippen LogP contribution in [-0.2, 0) is 20.8 Å². The number of ether oxygens (including phenoxy) is 3. The molecular weight excluding hydrogens is 308 g/mol. The molecule has 1 saturated carbocycles. The number of esters is 1. The second-order valence-corrected chi connectivity index (χ2v) is 6.21. The van der Waals surface area contributed by atoms with Crippen LogP contribution in [0, 0.1) is 0 Å². The van der Waals surface area contributed by atoms with Crippen molar-refractivity contribution in [2.24, 2.45) is 0 Å². The Morgan fingerprint density at radius 2 is 2.36 bits per heavy atom. The maximum absolute atomic E-state index is 11.8. The van der Waals surface area contributed by atoms with Gasteiger partial charge in [-0.05, 0) is 39.0 Å². The normalized spacial score (nSPS) is 23.3. The van der Waals surface area contributed by atoms with E-state index in [1.165, 1.54) is 0 Å². The van der Waals surface area contributed by atoms with Crippen molar-refractivity contribution >= 4 is 17.6 Å². The second kappa shape index (κ2) is 6.56. The summed E-state index contributed by atoms with van der Waals surface area (Å²) in [5.41, 5.74) is 0.0664. The van der Waals surface area contributed by atoms with Crippen LogP contribution in [0.5, 0.6) is 0 Å². The van der Waals surface area contributed by atoms with E-state index in [9.17, 15) is 4.79 Å². The molecule has 1 unspecified atom stereocenters. The minimum atomic E-state index is -0.444. The highest BCUT2D eigenvalue weighted by Crippen LogP contribution is 2.43. The number of halogens is 1. The number of carbonyl (C=O) groups is 1. The van der Waals surface area contributed by atoms with Gasteiger partial charge in [-0.1, -0.05) is 11.6 Å². The van der Waals surface area contributed by atoms with Crippen LogP contribution in [0.2, 0.25) is 5.15 Å². The molecule has 0 aromatic carbocycles. The molecule has 0 radical (unpaired) electrons. The smallest absolute Gasteiger partial charge is 0.342 e. The van der Waals surface area contributed by atoms with E-state index >= 15 is 0 Å². The predicted molar refractivity (Wildman–Crippen MR) is 79.8 cm³/mol. The van der Waals surface area contributed by atoms with Gasteiger partial charge in [-0.15, -0.1) is 0 Å². The average Bonchev–Trinajstić information content (AvgIpc) is 3.14. The van der Waals surface area contributed by atoms with Crippen LogP contribution < -0.4 is 0 Å². The molecule has 2 heterocycles. The van der Waals surface area contributed by atoms with E-state index < -0.39 is 5.97 Å². The van der Waals surface area contributed by atoms with Crippen LogP contribution in [0.1, 0.15) is 49.4 Å². The Labute approximate surface area is 134 Å². The summed E-state index contributed by atoms with van der Waals surface area (Å²) in [6.07, 6.45) is 6.64. The van der Waals surface area contributed by atoms with Crippen LogP contribution in [0.3, 0.4) is 0 Å². The lowest BCUT2D eigenvalue weighted by Crippen LogP contribution is -2.32. The number of nitrogens with zero attached hydrogens (tertiary/aromatic N) is 2. The van der Waals surface area contributed by atoms with Crippen molar-refractivity contribution in [3.05, 3.63) is 16.9 Å². The number of hydrogen-bond donors (Lipinski definition) is 0. The highest BCUT2D eigenvalue weighted by molar-refractivity contribution is 6.32. The molecule has 0 bridgehead atoms. The summed E-state index contributed by atoms with van der Waals surface area (Å²) >= 11 is 6.02. The molecule has 1 atom stereocenters. The van der Waals surface area contributed by atoms with Gasteiger partial charge < -0.3 is 14.2 Å². The van der Waals surface area contributed by atoms with E-state index in [1.807, 2.05) is 0 Å². The largest absolute Gasteiger partial charge is 0.462 e. The van der Waals surface area contributed by atoms with E-state index in [-0.39, 0.29) is 17.0 Å². The van der Waals surface area contributed by atoms with Crippen LogP contribution in [0.4, 0.5) is 0 Å². The van der Waals surface area contributed by atoms with Crippen LogP contribution >= 0.6 is 11.6 Å². The Balaban J connectivity index is 1.62. The van der Waals surface area contributed by atoms with Gasteiger partial charge in [0.2, 0.25) is 0 Å². The van der Waals surface area contributed by atoms with Gasteiger partial charge >= 0.3 is 5.97 Å². The number of hydrogen-bond acceptors (Lipinski definition) is 5. The fraction of sp³-hybridized carbons (Fsp3) is 0.733. The van der Waals surface area contributed by atoms with Crippen molar-refractivity contribution in [1.29, 1.82) is 0 Å². The first kappa shape index (κ1) is 15.8. The lowest BCUT2D eigenvalue weighted by molar-refractivity contribution is -0.200. The molecule has 1 saturated heterocycles. The fourth-order valence-corrected chi connectivity index (χ4v) is 2.88. The summed E-state index contributed by atoms with van der Waals surface area (Å²) in [5.74, 6) is -0.444. The van der Waals surface area contributed by atoms with Gasteiger partial charge in [-0.25, -0.2) is 4.79 Å². The van der Waals surface area contributed by atoms with Gasteiger partial charge in [0.1, 0.15) is 5.56 Å². The Bertz CT molecular complexity index is 536. The SMILES string of the molecule is CCOC(=O)c1cn(CC2(OC3CCCCO3)CC2)nc1Cl. The second-order valence-electron chi connectivity index (χ2n) is 5.85. The van der Waals surface area contributed by atoms with E-state index in [1.54, 1.807) is 17.8 Å². The van der Waals surface area contributed by atoms with Crippen molar-refractivity contribution in [3.8, 4) is 0 Å². The Hall–Kier alpha value is -1.11. The highest BCUT2D eigenvalue weighted by atomic mass is 35.5. The van der Waals surface area contributed by atoms with E-state index in [2.05, 4.69) is 5.10 Å². The zero-order valence-electron chi connectivity index (χ0n) is 12.7. The Kier molecular flexibility index (Phi) is 4.70. The molecule has 3 rings (SSSR count). The highest BCUT2D eigenvalue weighted by Gasteiger charge is 2.47. The van der Waals surface area contributed by atoms with Gasteiger partial charge in [0, 0.05) is 12.8 Å². The van der Waals surface area contributed by atoms with E-state index in [0.29, 0.717) is 18.7 Å². The lowest BCUT2D eigenvalue weighted by Gasteiger charge is -2.27. The minimum absolute atomic E-state index is 0.119. The molecule has 1 aromatic rings. The third-order valence-electron chi connectivity index (χ3n) is 3.99. The summed E-state index contributed by atoms with van der Waals surface area (Å²) < 4.78 is 18.4. The van der Waals surface area contributed by atoms with E-state index in [0.717, 1.165) is 38.7 Å². The molecule has 2 aliphatic rings. The molecular formula is C15H21ClN2O4. The van der Waals surface area contributed by atoms with Gasteiger partial charge in [0.25, 0.3) is 0 Å². The summed E-state index contributed by atoms with van der Waals surface area (Å²) in [5, 5.41) is 4.36. The van der Waals surface area contributed by atoms with Gasteiger partial charge in [0.05, 0.1) is 18.8 Å². The number of rotatable bonds is 6. The van der Waals surface area contributed by atoms with Gasteiger partial charge in [0.15, 0.2) is 11.4 Å². The summed E-state index contributed by atoms with van der Waals surface area (Å²) in [6, 6.07) is 0. The molecule has 2 fully saturated rings. The molecule has 22 heavy (non-hydrogen) atoms. The zero-order chi connectivity index (χ0) is 15.6. The molecule has 0 amide bonds. The third-order valence-corrected chi connectivity index (χ3v) is 4.27. The van der Waals surface area contributed by atoms with Crippen LogP contribution in [-0.4, -0.2) is 40.9 Å². The van der Waals surface area contributed by atoms with Crippen LogP contribution in [0.25, 0.3) is 0 Å². The van der Waals surface area contributed by atoms with Crippen molar-refractivity contribution in [3.63, 3.8) is 0 Å². The van der Waals surface area contributed by atoms with Crippen molar-refractivity contribution in [1.82, 2.24) is 9.78 Å². The molecule has 1 aliphatic heterocycles. The Morgan fingerprint density at radius 3 is 3.00 bits per heavy atom. The maximum Gasteiger partial charge on any atom is 0.342 e. The zero-order valence-corrected chi connectivity index (χ0v) is 13.5. The quantitative estimate of drug-likeness (QED) is 0.751. The fourth-order valence-electron chi connectivity index (χ4n) is 2.66. The minimum Gasteiger partial charge on any atom is -0.462 e. The maximum atomic E-state index is 11.8. The Morgan fingerprint density at radius 1 is 1.55 bits per heavy atom. The first-order valence-corrected chi connectivity index (χ1v) is 8.19. The molecule has 6 nitrogen and oxygen atoms in total. The molecule has 122 valence electrons. The van der Waals surface area contributed by atoms with Crippen molar-refractivity contribution in [2.45, 2.75) is 57.5 Å². The molecule has 1 aromatic heterocycles. The summed E-state index contributed by atoms with van der Waals surface area (Å²) in [4.78, 5) is 11.8. The third kappa shape index (κ3) is 3.62. The number of aromatic nitrogens is 2. The lowest BCUT2D eigenvalue weighted by atomic mass is 10.2. The summed E-state index contributed by atoms with van der Waals surface area (Å²) in [6.45, 7) is 3.41. The molecule has 7 heteroatoms. The average molecular weight is 329 g/mol. The first-order chi connectivity index (χ1) is 10.6. The molecule has 0 N–H and O–H groups in total. The standard InChI is InChI=1S/C15H21ClN2O4/c1-2-20-14(19)11-9-18(17-13(11)16)10-15(6-7-15)22-12-5-3-4-8-21-12/h9,12H,2-8,10H2,1H3. The predicted octanol–water partition coefficient (Wildman–Crippen LogP) is 2.79.